The van der Waals surface area contributed by atoms with Crippen LogP contribution in [-0.4, -0.2) is 175 Å². The molecule has 0 saturated heterocycles. The Morgan fingerprint density at radius 2 is 1.41 bits per heavy atom. The largest absolute Gasteiger partial charge is 0.492 e. The first-order chi connectivity index (χ1) is 35.9. The van der Waals surface area contributed by atoms with Crippen molar-refractivity contribution in [3.05, 3.63) is 82.7 Å². The van der Waals surface area contributed by atoms with Gasteiger partial charge in [-0.25, -0.2) is 14.6 Å². The number of aromatic amines is 1. The van der Waals surface area contributed by atoms with Crippen LogP contribution in [0, 0.1) is 6.92 Å². The summed E-state index contributed by atoms with van der Waals surface area (Å²) in [5, 5.41) is 6.91. The molecule has 0 radical (unpaired) electrons. The lowest BCUT2D eigenvalue weighted by Gasteiger charge is -2.35. The maximum absolute atomic E-state index is 14.5. The van der Waals surface area contributed by atoms with Crippen LogP contribution in [0.2, 0.25) is 0 Å². The fourth-order valence-corrected chi connectivity index (χ4v) is 8.43. The Morgan fingerprint density at radius 3 is 2.03 bits per heavy atom. The number of nitrogens with one attached hydrogen (secondary N) is 1. The average Bonchev–Trinajstić information content (AvgIpc) is 4.10. The molecule has 3 amide bonds. The fourth-order valence-electron chi connectivity index (χ4n) is 8.43. The second kappa shape index (κ2) is 26.6. The zero-order valence-electron chi connectivity index (χ0n) is 45.1. The molecule has 3 aromatic carbocycles. The summed E-state index contributed by atoms with van der Waals surface area (Å²) in [6.45, 7) is 15.3. The summed E-state index contributed by atoms with van der Waals surface area (Å²) in [6, 6.07) is 15.9. The van der Waals surface area contributed by atoms with E-state index in [1.807, 2.05) is 44.1 Å². The zero-order valence-corrected chi connectivity index (χ0v) is 45.1. The number of rotatable bonds is 28. The van der Waals surface area contributed by atoms with E-state index in [0.29, 0.717) is 129 Å². The molecular weight excluding hydrogens is 969 g/mol. The van der Waals surface area contributed by atoms with E-state index in [4.69, 9.17) is 42.3 Å². The Labute approximate surface area is 438 Å². The van der Waals surface area contributed by atoms with Crippen molar-refractivity contribution in [2.45, 2.75) is 65.8 Å². The van der Waals surface area contributed by atoms with Gasteiger partial charge in [0.05, 0.1) is 82.4 Å². The lowest BCUT2D eigenvalue weighted by atomic mass is 9.93. The Bertz CT molecular complexity index is 2820. The number of esters is 1. The first-order valence-electron chi connectivity index (χ1n) is 25.1. The van der Waals surface area contributed by atoms with Gasteiger partial charge in [-0.3, -0.25) is 19.3 Å². The molecule has 1 aliphatic rings. The number of aromatic nitrogens is 1. The molecular formula is C55H72N6O14. The normalized spacial score (nSPS) is 13.6. The van der Waals surface area contributed by atoms with Crippen molar-refractivity contribution in [1.82, 2.24) is 19.8 Å². The van der Waals surface area contributed by atoms with E-state index in [0.717, 1.165) is 17.7 Å². The van der Waals surface area contributed by atoms with E-state index in [2.05, 4.69) is 10.1 Å². The molecule has 3 heterocycles. The van der Waals surface area contributed by atoms with Gasteiger partial charge < -0.3 is 57.1 Å². The molecule has 0 fully saturated rings. The van der Waals surface area contributed by atoms with Gasteiger partial charge in [0.15, 0.2) is 11.5 Å². The predicted molar refractivity (Wildman–Crippen MR) is 283 cm³/mol. The Balaban J connectivity index is 1.08. The Morgan fingerprint density at radius 1 is 0.800 bits per heavy atom. The monoisotopic (exact) mass is 1040 g/mol. The minimum absolute atomic E-state index is 0.0354. The number of methoxy groups -OCH3 is 1. The molecule has 0 saturated carbocycles. The third kappa shape index (κ3) is 14.5. The van der Waals surface area contributed by atoms with Crippen molar-refractivity contribution >= 4 is 62.9 Å². The topological polar surface area (TPSA) is 213 Å². The number of hydrazone groups is 1. The molecule has 20 heteroatoms. The predicted octanol–water partition coefficient (Wildman–Crippen LogP) is 7.62. The number of ether oxygens (including phenoxy) is 8. The lowest BCUT2D eigenvalue weighted by Crippen LogP contribution is -2.55. The number of aryl methyl sites for hydroxylation is 1. The number of ketones is 1. The van der Waals surface area contributed by atoms with Gasteiger partial charge in [0.1, 0.15) is 41.6 Å². The van der Waals surface area contributed by atoms with Crippen molar-refractivity contribution < 1.29 is 66.3 Å². The number of furan rings is 1. The second-order valence-corrected chi connectivity index (χ2v) is 18.9. The van der Waals surface area contributed by atoms with Crippen molar-refractivity contribution in [2.75, 3.05) is 119 Å². The number of fused-ring (bicyclic) bond motifs is 4. The van der Waals surface area contributed by atoms with Gasteiger partial charge in [0.25, 0.3) is 11.8 Å². The van der Waals surface area contributed by atoms with Crippen molar-refractivity contribution in [2.24, 2.45) is 5.10 Å². The molecule has 1 atom stereocenters. The first-order valence-corrected chi connectivity index (χ1v) is 25.1. The maximum Gasteiger partial charge on any atom is 0.415 e. The highest BCUT2D eigenvalue weighted by atomic mass is 16.6. The summed E-state index contributed by atoms with van der Waals surface area (Å²) >= 11 is 0. The number of anilines is 1. The lowest BCUT2D eigenvalue weighted by molar-refractivity contribution is -0.139. The number of nitrogens with zero attached hydrogens (tertiary/aromatic N) is 5. The molecule has 1 aliphatic heterocycles. The van der Waals surface area contributed by atoms with Crippen LogP contribution in [-0.2, 0) is 33.3 Å². The molecule has 20 nitrogen and oxygen atoms in total. The Kier molecular flexibility index (Phi) is 20.4. The molecule has 0 spiro atoms. The van der Waals surface area contributed by atoms with Crippen LogP contribution in [0.1, 0.15) is 91.1 Å². The highest BCUT2D eigenvalue weighted by Gasteiger charge is 2.41. The minimum Gasteiger partial charge on any atom is -0.492 e. The molecule has 5 aromatic rings. The molecule has 0 aliphatic carbocycles. The third-order valence-corrected chi connectivity index (χ3v) is 12.9. The van der Waals surface area contributed by atoms with Gasteiger partial charge >= 0.3 is 12.1 Å². The molecule has 75 heavy (non-hydrogen) atoms. The van der Waals surface area contributed by atoms with E-state index in [9.17, 15) is 24.0 Å². The quantitative estimate of drug-likeness (QED) is 0.0221. The summed E-state index contributed by atoms with van der Waals surface area (Å²) in [6.07, 6.45) is 0.147. The standard InChI is InChI=1S/C55H72N6O14/c1-12-38-34-61(51(63)46-32-40-31-42(17-18-44(40)74-46)72-22-20-58(7)8)43-33-45(50-49(48(38)43)47(37(4)56-50)52(64)67-11)75-54(66)59(9)55(5,6)53(65)60(10)57-36(3)39-13-15-41(16-14-39)73-30-29-71-28-27-70-26-25-69-24-23-68-21-19-35(2)62/h13-18,31-33,38,56H,12,19-30,34H2,1-11H3/b57-36+/t38-/m1/s1. The summed E-state index contributed by atoms with van der Waals surface area (Å²) < 4.78 is 51.1. The molecule has 0 bridgehead atoms. The number of Topliss-reactive ketones (excluding diaryl/α,β-unsaturated/α-hetero) is 1. The van der Waals surface area contributed by atoms with Crippen LogP contribution in [0.15, 0.2) is 64.1 Å². The van der Waals surface area contributed by atoms with Gasteiger partial charge in [-0.1, -0.05) is 6.92 Å². The number of hydrogen-bond acceptors (Lipinski definition) is 16. The van der Waals surface area contributed by atoms with Crippen molar-refractivity contribution in [1.29, 1.82) is 0 Å². The number of carbonyl (C=O) groups is 5. The van der Waals surface area contributed by atoms with E-state index in [-0.39, 0.29) is 35.3 Å². The SMILES string of the molecule is CC[C@@H]1CN(C(=O)c2cc3cc(OCCN(C)C)ccc3o2)c2cc(OC(=O)N(C)C(C)(C)C(=O)N(C)/N=C(\C)c3ccc(OCCOCCOCCOCCOCCC(C)=O)cc3)c3[nH]c(C)c(C(=O)OC)c3c21. The smallest absolute Gasteiger partial charge is 0.415 e. The molecule has 2 aromatic heterocycles. The van der Waals surface area contributed by atoms with E-state index >= 15 is 0 Å². The Hall–Kier alpha value is -6.84. The number of carbonyl (C=O) groups excluding carboxylic acids is 5. The first kappa shape index (κ1) is 57.4. The summed E-state index contributed by atoms with van der Waals surface area (Å²) in [5.74, 6) is -0.227. The summed E-state index contributed by atoms with van der Waals surface area (Å²) in [7, 11) is 8.19. The minimum atomic E-state index is -1.48. The zero-order chi connectivity index (χ0) is 54.4. The second-order valence-electron chi connectivity index (χ2n) is 18.9. The number of likely N-dealkylation sites (N-methyl/N-ethyl adjacent to an activating group) is 3. The maximum atomic E-state index is 14.5. The van der Waals surface area contributed by atoms with Crippen LogP contribution in [0.25, 0.3) is 21.9 Å². The van der Waals surface area contributed by atoms with Crippen LogP contribution in [0.5, 0.6) is 17.2 Å². The summed E-state index contributed by atoms with van der Waals surface area (Å²) in [5.41, 5.74) is 2.57. The molecule has 406 valence electrons. The molecule has 1 N–H and O–H groups in total. The average molecular weight is 1040 g/mol. The van der Waals surface area contributed by atoms with Gasteiger partial charge in [-0.15, -0.1) is 0 Å². The van der Waals surface area contributed by atoms with E-state index in [1.54, 1.807) is 69.0 Å². The van der Waals surface area contributed by atoms with Crippen LogP contribution in [0.4, 0.5) is 10.5 Å². The van der Waals surface area contributed by atoms with Crippen LogP contribution in [0.3, 0.4) is 0 Å². The van der Waals surface area contributed by atoms with Crippen LogP contribution < -0.4 is 19.1 Å². The number of benzene rings is 3. The number of hydrogen-bond donors (Lipinski definition) is 1. The van der Waals surface area contributed by atoms with E-state index < -0.39 is 29.4 Å². The van der Waals surface area contributed by atoms with Gasteiger partial charge in [-0.05, 0) is 115 Å². The van der Waals surface area contributed by atoms with E-state index in [1.165, 1.54) is 38.0 Å². The van der Waals surface area contributed by atoms with Gasteiger partial charge in [0.2, 0.25) is 0 Å². The van der Waals surface area contributed by atoms with Crippen molar-refractivity contribution in [3.63, 3.8) is 0 Å². The highest BCUT2D eigenvalue weighted by molar-refractivity contribution is 6.15. The molecule has 0 unspecified atom stereocenters. The van der Waals surface area contributed by atoms with Gasteiger partial charge in [-0.2, -0.15) is 5.10 Å². The van der Waals surface area contributed by atoms with Crippen LogP contribution >= 0.6 is 0 Å². The number of H-pyrrole nitrogens is 1. The summed E-state index contributed by atoms with van der Waals surface area (Å²) in [4.78, 5) is 75.3. The molecule has 6 rings (SSSR count). The van der Waals surface area contributed by atoms with Gasteiger partial charge in [0, 0.05) is 62.1 Å². The highest BCUT2D eigenvalue weighted by Crippen LogP contribution is 2.49. The third-order valence-electron chi connectivity index (χ3n) is 12.9. The fraction of sp³-hybridized carbons (Fsp3) is 0.491. The van der Waals surface area contributed by atoms with Crippen molar-refractivity contribution in [3.8, 4) is 17.2 Å². The number of amides is 3.